The average molecular weight is 369 g/mol. The fourth-order valence-corrected chi connectivity index (χ4v) is 5.96. The van der Waals surface area contributed by atoms with E-state index in [1.165, 1.54) is 13.3 Å². The minimum absolute atomic E-state index is 0.0127. The van der Waals surface area contributed by atoms with Gasteiger partial charge in [-0.15, -0.1) is 11.8 Å². The van der Waals surface area contributed by atoms with E-state index >= 15 is 0 Å². The molecule has 1 amide bonds. The zero-order valence-corrected chi connectivity index (χ0v) is 15.8. The van der Waals surface area contributed by atoms with Gasteiger partial charge in [0.2, 0.25) is 15.9 Å². The Kier molecular flexibility index (Phi) is 5.22. The number of carbonyl (C=O) groups is 1. The summed E-state index contributed by atoms with van der Waals surface area (Å²) in [6.07, 6.45) is 4.22. The van der Waals surface area contributed by atoms with Crippen LogP contribution in [0.25, 0.3) is 0 Å². The van der Waals surface area contributed by atoms with Crippen molar-refractivity contribution in [2.45, 2.75) is 55.4 Å². The van der Waals surface area contributed by atoms with E-state index in [-0.39, 0.29) is 16.8 Å². The number of nitrogens with zero attached hydrogens (tertiary/aromatic N) is 1. The molecule has 1 fully saturated rings. The molecule has 1 aromatic carbocycles. The molecule has 1 N–H and O–H groups in total. The molecule has 0 saturated heterocycles. The number of amides is 1. The first kappa shape index (κ1) is 17.8. The number of hydrogen-bond donors (Lipinski definition) is 1. The quantitative estimate of drug-likeness (QED) is 0.891. The number of rotatable bonds is 3. The van der Waals surface area contributed by atoms with Crippen LogP contribution in [0.5, 0.6) is 0 Å². The molecule has 0 spiro atoms. The van der Waals surface area contributed by atoms with Gasteiger partial charge in [-0.1, -0.05) is 19.8 Å². The molecule has 5 nitrogen and oxygen atoms in total. The Hall–Kier alpha value is -1.05. The molecule has 1 heterocycles. The Morgan fingerprint density at radius 1 is 1.29 bits per heavy atom. The standard InChI is InChI=1S/C17H24N2O3S2/c1-12-5-3-4-6-15(12)18-24(21,22)14-7-8-16-17(11-14)23-10-9-19(16)13(2)20/h7-8,11-12,15,18H,3-6,9-10H2,1-2H3. The molecule has 3 rings (SSSR count). The predicted octanol–water partition coefficient (Wildman–Crippen LogP) is 3.00. The monoisotopic (exact) mass is 368 g/mol. The van der Waals surface area contributed by atoms with E-state index in [2.05, 4.69) is 11.6 Å². The Balaban J connectivity index is 1.85. The normalized spacial score (nSPS) is 24.5. The van der Waals surface area contributed by atoms with Crippen LogP contribution in [0.1, 0.15) is 39.5 Å². The fraction of sp³-hybridized carbons (Fsp3) is 0.588. The highest BCUT2D eigenvalue weighted by molar-refractivity contribution is 7.99. The summed E-state index contributed by atoms with van der Waals surface area (Å²) in [6.45, 7) is 4.31. The molecule has 1 saturated carbocycles. The molecular formula is C17H24N2O3S2. The molecule has 24 heavy (non-hydrogen) atoms. The molecule has 7 heteroatoms. The lowest BCUT2D eigenvalue weighted by atomic mass is 9.87. The first-order valence-corrected chi connectivity index (χ1v) is 10.9. The molecular weight excluding hydrogens is 344 g/mol. The number of hydrogen-bond acceptors (Lipinski definition) is 4. The van der Waals surface area contributed by atoms with Gasteiger partial charge in [0.05, 0.1) is 10.6 Å². The largest absolute Gasteiger partial charge is 0.311 e. The van der Waals surface area contributed by atoms with E-state index in [0.29, 0.717) is 12.5 Å². The van der Waals surface area contributed by atoms with Crippen LogP contribution in [-0.4, -0.2) is 32.7 Å². The maximum atomic E-state index is 12.7. The molecule has 2 atom stereocenters. The average Bonchev–Trinajstić information content (AvgIpc) is 2.55. The molecule has 132 valence electrons. The van der Waals surface area contributed by atoms with Gasteiger partial charge < -0.3 is 4.90 Å². The predicted molar refractivity (Wildman–Crippen MR) is 96.9 cm³/mol. The Morgan fingerprint density at radius 2 is 2.04 bits per heavy atom. The highest BCUT2D eigenvalue weighted by atomic mass is 32.2. The Labute approximate surface area is 148 Å². The molecule has 1 aliphatic carbocycles. The van der Waals surface area contributed by atoms with Crippen molar-refractivity contribution in [3.63, 3.8) is 0 Å². The van der Waals surface area contributed by atoms with Gasteiger partial charge in [0.15, 0.2) is 0 Å². The van der Waals surface area contributed by atoms with Crippen LogP contribution < -0.4 is 9.62 Å². The number of sulfonamides is 1. The summed E-state index contributed by atoms with van der Waals surface area (Å²) in [6, 6.07) is 5.07. The van der Waals surface area contributed by atoms with Crippen molar-refractivity contribution in [3.05, 3.63) is 18.2 Å². The SMILES string of the molecule is CC(=O)N1CCSc2cc(S(=O)(=O)NC3CCCCC3C)ccc21. The summed E-state index contributed by atoms with van der Waals surface area (Å²) >= 11 is 1.60. The third-order valence-corrected chi connectivity index (χ3v) is 7.42. The smallest absolute Gasteiger partial charge is 0.240 e. The minimum atomic E-state index is -3.53. The topological polar surface area (TPSA) is 66.5 Å². The highest BCUT2D eigenvalue weighted by Crippen LogP contribution is 2.36. The van der Waals surface area contributed by atoms with Crippen molar-refractivity contribution in [3.8, 4) is 0 Å². The third-order valence-electron chi connectivity index (χ3n) is 4.90. The van der Waals surface area contributed by atoms with Crippen molar-refractivity contribution >= 4 is 33.4 Å². The maximum Gasteiger partial charge on any atom is 0.240 e. The molecule has 0 radical (unpaired) electrons. The van der Waals surface area contributed by atoms with E-state index in [1.54, 1.807) is 34.9 Å². The number of nitrogens with one attached hydrogen (secondary N) is 1. The van der Waals surface area contributed by atoms with Crippen LogP contribution in [0.15, 0.2) is 28.0 Å². The van der Waals surface area contributed by atoms with Crippen LogP contribution in [0.3, 0.4) is 0 Å². The summed E-state index contributed by atoms with van der Waals surface area (Å²) in [5.74, 6) is 1.14. The van der Waals surface area contributed by atoms with Crippen LogP contribution in [0.2, 0.25) is 0 Å². The molecule has 0 aromatic heterocycles. The van der Waals surface area contributed by atoms with E-state index in [4.69, 9.17) is 0 Å². The lowest BCUT2D eigenvalue weighted by Crippen LogP contribution is -2.41. The van der Waals surface area contributed by atoms with Crippen molar-refractivity contribution in [1.29, 1.82) is 0 Å². The van der Waals surface area contributed by atoms with Gasteiger partial charge in [-0.05, 0) is 37.0 Å². The molecule has 1 aliphatic heterocycles. The summed E-state index contributed by atoms with van der Waals surface area (Å²) in [4.78, 5) is 14.6. The fourth-order valence-electron chi connectivity index (χ4n) is 3.45. The second kappa shape index (κ2) is 7.06. The van der Waals surface area contributed by atoms with Crippen LogP contribution in [0.4, 0.5) is 5.69 Å². The number of fused-ring (bicyclic) bond motifs is 1. The lowest BCUT2D eigenvalue weighted by molar-refractivity contribution is -0.116. The zero-order chi connectivity index (χ0) is 17.3. The highest BCUT2D eigenvalue weighted by Gasteiger charge is 2.28. The van der Waals surface area contributed by atoms with Crippen molar-refractivity contribution in [2.24, 2.45) is 5.92 Å². The summed E-state index contributed by atoms with van der Waals surface area (Å²) in [5, 5.41) is 0. The van der Waals surface area contributed by atoms with Gasteiger partial charge in [0.25, 0.3) is 0 Å². The number of benzene rings is 1. The first-order valence-electron chi connectivity index (χ1n) is 8.46. The van der Waals surface area contributed by atoms with Crippen LogP contribution in [0, 0.1) is 5.92 Å². The van der Waals surface area contributed by atoms with Gasteiger partial charge in [-0.3, -0.25) is 4.79 Å². The van der Waals surface area contributed by atoms with Gasteiger partial charge in [-0.25, -0.2) is 13.1 Å². The Morgan fingerprint density at radius 3 is 2.75 bits per heavy atom. The number of anilines is 1. The van der Waals surface area contributed by atoms with Gasteiger partial charge in [-0.2, -0.15) is 0 Å². The second-order valence-electron chi connectivity index (χ2n) is 6.64. The summed E-state index contributed by atoms with van der Waals surface area (Å²) < 4.78 is 28.4. The summed E-state index contributed by atoms with van der Waals surface area (Å²) in [7, 11) is -3.53. The van der Waals surface area contributed by atoms with Gasteiger partial charge >= 0.3 is 0 Å². The van der Waals surface area contributed by atoms with Crippen LogP contribution in [-0.2, 0) is 14.8 Å². The van der Waals surface area contributed by atoms with Crippen molar-refractivity contribution in [1.82, 2.24) is 4.72 Å². The lowest BCUT2D eigenvalue weighted by Gasteiger charge is -2.30. The van der Waals surface area contributed by atoms with E-state index in [0.717, 1.165) is 35.6 Å². The molecule has 2 aliphatic rings. The number of carbonyl (C=O) groups excluding carboxylic acids is 1. The van der Waals surface area contributed by atoms with E-state index in [9.17, 15) is 13.2 Å². The van der Waals surface area contributed by atoms with Gasteiger partial charge in [0.1, 0.15) is 0 Å². The first-order chi connectivity index (χ1) is 11.4. The summed E-state index contributed by atoms with van der Waals surface area (Å²) in [5.41, 5.74) is 0.809. The third kappa shape index (κ3) is 3.63. The van der Waals surface area contributed by atoms with Crippen LogP contribution >= 0.6 is 11.8 Å². The second-order valence-corrected chi connectivity index (χ2v) is 9.49. The minimum Gasteiger partial charge on any atom is -0.311 e. The van der Waals surface area contributed by atoms with Crippen molar-refractivity contribution < 1.29 is 13.2 Å². The number of thioether (sulfide) groups is 1. The molecule has 1 aromatic rings. The molecule has 2 unspecified atom stereocenters. The van der Waals surface area contributed by atoms with E-state index < -0.39 is 10.0 Å². The van der Waals surface area contributed by atoms with Gasteiger partial charge in [0, 0.05) is 30.2 Å². The van der Waals surface area contributed by atoms with Crippen molar-refractivity contribution in [2.75, 3.05) is 17.2 Å². The maximum absolute atomic E-state index is 12.7. The Bertz CT molecular complexity index is 733. The zero-order valence-electron chi connectivity index (χ0n) is 14.1. The molecule has 0 bridgehead atoms. The van der Waals surface area contributed by atoms with E-state index in [1.807, 2.05) is 0 Å².